The first-order valence-corrected chi connectivity index (χ1v) is 11.8. The third-order valence-corrected chi connectivity index (χ3v) is 6.09. The first-order valence-electron chi connectivity index (χ1n) is 11.8. The fourth-order valence-electron chi connectivity index (χ4n) is 4.22. The fraction of sp³-hybridized carbons (Fsp3) is 0.370. The Morgan fingerprint density at radius 2 is 2.00 bits per heavy atom. The van der Waals surface area contributed by atoms with Crippen LogP contribution in [0.2, 0.25) is 0 Å². The molecule has 1 unspecified atom stereocenters. The topological polar surface area (TPSA) is 84.7 Å². The molecule has 2 amide bonds. The smallest absolute Gasteiger partial charge is 0.273 e. The quantitative estimate of drug-likeness (QED) is 0.508. The molecule has 0 radical (unpaired) electrons. The summed E-state index contributed by atoms with van der Waals surface area (Å²) in [5.74, 6) is 0.726. The van der Waals surface area contributed by atoms with Crippen molar-refractivity contribution in [2.45, 2.75) is 46.3 Å². The molecular weight excluding hydrogens is 449 g/mol. The summed E-state index contributed by atoms with van der Waals surface area (Å²) in [4.78, 5) is 30.6. The normalized spacial score (nSPS) is 15.1. The predicted molar refractivity (Wildman–Crippen MR) is 128 cm³/mol. The van der Waals surface area contributed by atoms with Crippen LogP contribution >= 0.6 is 0 Å². The number of rotatable bonds is 8. The zero-order chi connectivity index (χ0) is 24.9. The number of carbonyl (C=O) groups excluding carboxylic acids is 2. The Hall–Kier alpha value is -3.68. The van der Waals surface area contributed by atoms with Gasteiger partial charge in [0.1, 0.15) is 17.8 Å². The van der Waals surface area contributed by atoms with Crippen molar-refractivity contribution in [2.24, 2.45) is 5.92 Å². The number of ether oxygens (including phenoxy) is 1. The Morgan fingerprint density at radius 3 is 2.71 bits per heavy atom. The van der Waals surface area contributed by atoms with Crippen LogP contribution in [0.3, 0.4) is 0 Å². The van der Waals surface area contributed by atoms with Crippen LogP contribution in [0.1, 0.15) is 66.3 Å². The molecule has 3 aromatic rings. The molecule has 1 aliphatic heterocycles. The van der Waals surface area contributed by atoms with E-state index in [9.17, 15) is 14.0 Å². The monoisotopic (exact) mass is 479 g/mol. The molecule has 2 aromatic carbocycles. The lowest BCUT2D eigenvalue weighted by Gasteiger charge is -2.37. The van der Waals surface area contributed by atoms with Crippen LogP contribution in [0.4, 0.5) is 4.39 Å². The highest BCUT2D eigenvalue weighted by Crippen LogP contribution is 2.37. The zero-order valence-electron chi connectivity index (χ0n) is 20.2. The Morgan fingerprint density at radius 1 is 1.23 bits per heavy atom. The maximum atomic E-state index is 13.5. The highest BCUT2D eigenvalue weighted by atomic mass is 19.1. The Labute approximate surface area is 204 Å². The van der Waals surface area contributed by atoms with Crippen molar-refractivity contribution >= 4 is 11.8 Å². The van der Waals surface area contributed by atoms with Crippen molar-refractivity contribution in [3.05, 3.63) is 82.8 Å². The van der Waals surface area contributed by atoms with Gasteiger partial charge in [0.15, 0.2) is 12.3 Å². The van der Waals surface area contributed by atoms with Crippen LogP contribution in [0.15, 0.2) is 53.1 Å². The molecule has 1 N–H and O–H groups in total. The van der Waals surface area contributed by atoms with Gasteiger partial charge in [-0.1, -0.05) is 32.0 Å². The van der Waals surface area contributed by atoms with E-state index in [0.29, 0.717) is 24.8 Å². The summed E-state index contributed by atoms with van der Waals surface area (Å²) in [5, 5.41) is 2.83. The number of hydrogen-bond acceptors (Lipinski definition) is 5. The number of benzene rings is 2. The average Bonchev–Trinajstić information content (AvgIpc) is 3.31. The molecule has 0 bridgehead atoms. The number of amides is 2. The van der Waals surface area contributed by atoms with E-state index >= 15 is 0 Å². The van der Waals surface area contributed by atoms with Crippen molar-refractivity contribution in [3.63, 3.8) is 0 Å². The van der Waals surface area contributed by atoms with Gasteiger partial charge in [-0.05, 0) is 59.7 Å². The summed E-state index contributed by atoms with van der Waals surface area (Å²) in [6, 6.07) is 11.7. The Bertz CT molecular complexity index is 1190. The van der Waals surface area contributed by atoms with Crippen LogP contribution in [-0.4, -0.2) is 34.8 Å². The molecule has 4 rings (SSSR count). The molecule has 0 saturated carbocycles. The first-order chi connectivity index (χ1) is 16.8. The molecule has 0 spiro atoms. The van der Waals surface area contributed by atoms with E-state index in [-0.39, 0.29) is 41.9 Å². The SMILES string of the molecule is CC(=O)N1CCc2ccc(OCc3nc(C(=O)NCCC(C)C)co3)cc2C1c1ccc(F)cc1. The zero-order valence-corrected chi connectivity index (χ0v) is 20.2. The fourth-order valence-corrected chi connectivity index (χ4v) is 4.22. The van der Waals surface area contributed by atoms with Crippen LogP contribution in [0.5, 0.6) is 5.75 Å². The number of carbonyl (C=O) groups is 2. The number of nitrogens with one attached hydrogen (secondary N) is 1. The second-order valence-corrected chi connectivity index (χ2v) is 9.13. The number of fused-ring (bicyclic) bond motifs is 1. The van der Waals surface area contributed by atoms with Gasteiger partial charge in [-0.25, -0.2) is 9.37 Å². The van der Waals surface area contributed by atoms with E-state index in [2.05, 4.69) is 24.1 Å². The largest absolute Gasteiger partial charge is 0.484 e. The van der Waals surface area contributed by atoms with Crippen LogP contribution in [0.25, 0.3) is 0 Å². The highest BCUT2D eigenvalue weighted by Gasteiger charge is 2.31. The minimum Gasteiger partial charge on any atom is -0.484 e. The third-order valence-electron chi connectivity index (χ3n) is 6.09. The lowest BCUT2D eigenvalue weighted by Crippen LogP contribution is -2.39. The summed E-state index contributed by atoms with van der Waals surface area (Å²) in [5.41, 5.74) is 3.10. The molecule has 1 aromatic heterocycles. The van der Waals surface area contributed by atoms with Gasteiger partial charge in [-0.3, -0.25) is 9.59 Å². The summed E-state index contributed by atoms with van der Waals surface area (Å²) >= 11 is 0. The average molecular weight is 480 g/mol. The van der Waals surface area contributed by atoms with Gasteiger partial charge in [0.05, 0.1) is 6.04 Å². The Kier molecular flexibility index (Phi) is 7.48. The number of nitrogens with zero attached hydrogens (tertiary/aromatic N) is 2. The van der Waals surface area contributed by atoms with Crippen molar-refractivity contribution < 1.29 is 23.1 Å². The molecule has 35 heavy (non-hydrogen) atoms. The molecule has 1 atom stereocenters. The van der Waals surface area contributed by atoms with E-state index in [4.69, 9.17) is 9.15 Å². The number of halogens is 1. The van der Waals surface area contributed by atoms with Gasteiger partial charge in [-0.15, -0.1) is 0 Å². The van der Waals surface area contributed by atoms with Gasteiger partial charge in [-0.2, -0.15) is 0 Å². The maximum Gasteiger partial charge on any atom is 0.273 e. The van der Waals surface area contributed by atoms with Crippen LogP contribution in [-0.2, 0) is 17.8 Å². The van der Waals surface area contributed by atoms with Crippen molar-refractivity contribution in [2.75, 3.05) is 13.1 Å². The van der Waals surface area contributed by atoms with Gasteiger partial charge in [0.2, 0.25) is 11.8 Å². The van der Waals surface area contributed by atoms with Crippen molar-refractivity contribution in [3.8, 4) is 5.75 Å². The molecular formula is C27H30FN3O4. The lowest BCUT2D eigenvalue weighted by atomic mass is 9.88. The minimum atomic E-state index is -0.330. The second-order valence-electron chi connectivity index (χ2n) is 9.13. The first kappa shape index (κ1) is 24.4. The second kappa shape index (κ2) is 10.7. The molecule has 7 nitrogen and oxygen atoms in total. The molecule has 0 aliphatic carbocycles. The van der Waals surface area contributed by atoms with E-state index in [1.807, 2.05) is 18.2 Å². The van der Waals surface area contributed by atoms with Gasteiger partial charge < -0.3 is 19.4 Å². The summed E-state index contributed by atoms with van der Waals surface area (Å²) < 4.78 is 24.9. The van der Waals surface area contributed by atoms with Crippen molar-refractivity contribution in [1.29, 1.82) is 0 Å². The van der Waals surface area contributed by atoms with Gasteiger partial charge in [0, 0.05) is 20.0 Å². The Balaban J connectivity index is 1.48. The molecule has 8 heteroatoms. The van der Waals surface area contributed by atoms with E-state index in [0.717, 1.165) is 29.5 Å². The summed E-state index contributed by atoms with van der Waals surface area (Å²) in [6.07, 6.45) is 2.94. The highest BCUT2D eigenvalue weighted by molar-refractivity contribution is 5.91. The third kappa shape index (κ3) is 5.88. The van der Waals surface area contributed by atoms with Crippen LogP contribution < -0.4 is 10.1 Å². The molecule has 0 fully saturated rings. The lowest BCUT2D eigenvalue weighted by molar-refractivity contribution is -0.130. The van der Waals surface area contributed by atoms with Gasteiger partial charge >= 0.3 is 0 Å². The van der Waals surface area contributed by atoms with Gasteiger partial charge in [0.25, 0.3) is 5.91 Å². The molecule has 184 valence electrons. The van der Waals surface area contributed by atoms with E-state index in [1.165, 1.54) is 18.4 Å². The van der Waals surface area contributed by atoms with Crippen LogP contribution in [0, 0.1) is 11.7 Å². The minimum absolute atomic E-state index is 0.0460. The van der Waals surface area contributed by atoms with E-state index < -0.39 is 0 Å². The van der Waals surface area contributed by atoms with E-state index in [1.54, 1.807) is 24.0 Å². The summed E-state index contributed by atoms with van der Waals surface area (Å²) in [6.45, 7) is 6.95. The maximum absolute atomic E-state index is 13.5. The standard InChI is InChI=1S/C27H30FN3O4/c1-17(2)10-12-29-27(33)24-15-35-25(30-24)16-34-22-9-6-19-11-13-31(18(3)32)26(23(19)14-22)20-4-7-21(28)8-5-20/h4-9,14-15,17,26H,10-13,16H2,1-3H3,(H,29,33). The number of aromatic nitrogens is 1. The number of oxazole rings is 1. The number of hydrogen-bond donors (Lipinski definition) is 1. The summed E-state index contributed by atoms with van der Waals surface area (Å²) in [7, 11) is 0. The predicted octanol–water partition coefficient (Wildman–Crippen LogP) is 4.66. The molecule has 2 heterocycles. The molecule has 1 aliphatic rings. The van der Waals surface area contributed by atoms with Crippen molar-refractivity contribution in [1.82, 2.24) is 15.2 Å². The molecule has 0 saturated heterocycles.